The molecule has 0 aliphatic rings. The molecule has 0 bridgehead atoms. The van der Waals surface area contributed by atoms with E-state index in [1.54, 1.807) is 18.4 Å². The van der Waals surface area contributed by atoms with Gasteiger partial charge in [-0.25, -0.2) is 0 Å². The number of halogens is 2. The van der Waals surface area contributed by atoms with Gasteiger partial charge in [-0.15, -0.1) is 11.6 Å². The molecule has 0 saturated heterocycles. The van der Waals surface area contributed by atoms with Crippen LogP contribution in [-0.4, -0.2) is 7.11 Å². The molecule has 2 aromatic rings. The van der Waals surface area contributed by atoms with Gasteiger partial charge in [-0.05, 0) is 53.4 Å². The van der Waals surface area contributed by atoms with E-state index in [0.29, 0.717) is 0 Å². The summed E-state index contributed by atoms with van der Waals surface area (Å²) < 4.78 is 6.49. The van der Waals surface area contributed by atoms with Gasteiger partial charge in [0.2, 0.25) is 0 Å². The Morgan fingerprint density at radius 1 is 1.17 bits per heavy atom. The molecule has 0 N–H and O–H groups in total. The van der Waals surface area contributed by atoms with Crippen LogP contribution in [0.25, 0.3) is 0 Å². The van der Waals surface area contributed by atoms with Crippen LogP contribution in [0.5, 0.6) is 5.75 Å². The van der Waals surface area contributed by atoms with Gasteiger partial charge < -0.3 is 4.74 Å². The molecule has 1 nitrogen and oxygen atoms in total. The number of aryl methyl sites for hydroxylation is 2. The van der Waals surface area contributed by atoms with Gasteiger partial charge in [-0.2, -0.15) is 11.3 Å². The van der Waals surface area contributed by atoms with Crippen molar-refractivity contribution in [2.45, 2.75) is 19.2 Å². The molecular weight excluding hydrogens is 332 g/mol. The zero-order valence-electron chi connectivity index (χ0n) is 10.5. The predicted molar refractivity (Wildman–Crippen MR) is 82.2 cm³/mol. The second-order valence-corrected chi connectivity index (χ2v) is 6.25. The lowest BCUT2D eigenvalue weighted by Crippen LogP contribution is -1.99. The molecule has 2 rings (SSSR count). The summed E-state index contributed by atoms with van der Waals surface area (Å²) in [4.78, 5) is 0. The summed E-state index contributed by atoms with van der Waals surface area (Å²) in [6.07, 6.45) is 0. The first kappa shape index (κ1) is 13.9. The molecule has 0 amide bonds. The van der Waals surface area contributed by atoms with Crippen molar-refractivity contribution in [1.82, 2.24) is 0 Å². The fraction of sp³-hybridized carbons (Fsp3) is 0.286. The van der Waals surface area contributed by atoms with Crippen molar-refractivity contribution in [3.8, 4) is 5.75 Å². The van der Waals surface area contributed by atoms with Crippen molar-refractivity contribution in [3.63, 3.8) is 0 Å². The standard InChI is InChI=1S/C14H14BrClOS/c1-8-4-13(17-3)10(5-12(8)15)14(16)11-7-18-6-9(11)2/h4-7,14H,1-3H3. The SMILES string of the molecule is COc1cc(C)c(Br)cc1C(Cl)c1cscc1C. The summed E-state index contributed by atoms with van der Waals surface area (Å²) in [6, 6.07) is 4.05. The van der Waals surface area contributed by atoms with Gasteiger partial charge in [-0.3, -0.25) is 0 Å². The van der Waals surface area contributed by atoms with E-state index < -0.39 is 0 Å². The third-order valence-corrected chi connectivity index (χ3v) is 5.16. The van der Waals surface area contributed by atoms with Crippen LogP contribution in [0, 0.1) is 13.8 Å². The van der Waals surface area contributed by atoms with Crippen LogP contribution in [0.15, 0.2) is 27.4 Å². The van der Waals surface area contributed by atoms with E-state index in [1.165, 1.54) is 5.56 Å². The zero-order chi connectivity index (χ0) is 13.3. The van der Waals surface area contributed by atoms with Crippen LogP contribution in [0.3, 0.4) is 0 Å². The van der Waals surface area contributed by atoms with Gasteiger partial charge in [0.1, 0.15) is 5.75 Å². The highest BCUT2D eigenvalue weighted by Gasteiger charge is 2.19. The Labute approximate surface area is 125 Å². The lowest BCUT2D eigenvalue weighted by atomic mass is 10.0. The highest BCUT2D eigenvalue weighted by atomic mass is 79.9. The normalized spacial score (nSPS) is 12.5. The van der Waals surface area contributed by atoms with Crippen molar-refractivity contribution in [1.29, 1.82) is 0 Å². The Morgan fingerprint density at radius 2 is 1.89 bits per heavy atom. The molecule has 0 saturated carbocycles. The number of hydrogen-bond donors (Lipinski definition) is 0. The number of rotatable bonds is 3. The Morgan fingerprint density at radius 3 is 2.44 bits per heavy atom. The smallest absolute Gasteiger partial charge is 0.124 e. The maximum absolute atomic E-state index is 6.59. The first-order valence-corrected chi connectivity index (χ1v) is 7.72. The first-order chi connectivity index (χ1) is 8.54. The van der Waals surface area contributed by atoms with Crippen LogP contribution in [0.1, 0.15) is 27.6 Å². The molecule has 0 radical (unpaired) electrons. The molecule has 1 heterocycles. The molecule has 1 aromatic heterocycles. The summed E-state index contributed by atoms with van der Waals surface area (Å²) in [5, 5.41) is 4.03. The van der Waals surface area contributed by atoms with E-state index >= 15 is 0 Å². The number of alkyl halides is 1. The monoisotopic (exact) mass is 344 g/mol. The van der Waals surface area contributed by atoms with Crippen LogP contribution >= 0.6 is 38.9 Å². The number of methoxy groups -OCH3 is 1. The Balaban J connectivity index is 2.50. The Bertz CT molecular complexity index is 565. The summed E-state index contributed by atoms with van der Waals surface area (Å²) in [5.41, 5.74) is 4.51. The van der Waals surface area contributed by atoms with Gasteiger partial charge in [0.25, 0.3) is 0 Å². The van der Waals surface area contributed by atoms with E-state index in [1.807, 2.05) is 19.1 Å². The summed E-state index contributed by atoms with van der Waals surface area (Å²) in [5.74, 6) is 0.835. The molecular formula is C14H14BrClOS. The van der Waals surface area contributed by atoms with Gasteiger partial charge in [0.05, 0.1) is 12.5 Å². The van der Waals surface area contributed by atoms with E-state index in [-0.39, 0.29) is 5.38 Å². The third kappa shape index (κ3) is 2.58. The van der Waals surface area contributed by atoms with E-state index in [0.717, 1.165) is 26.9 Å². The lowest BCUT2D eigenvalue weighted by Gasteiger charge is -2.16. The molecule has 0 fully saturated rings. The molecule has 0 aliphatic heterocycles. The molecule has 1 aromatic carbocycles. The van der Waals surface area contributed by atoms with Gasteiger partial charge in [0.15, 0.2) is 0 Å². The minimum Gasteiger partial charge on any atom is -0.496 e. The maximum Gasteiger partial charge on any atom is 0.124 e. The number of hydrogen-bond acceptors (Lipinski definition) is 2. The Hall–Kier alpha value is -0.510. The highest BCUT2D eigenvalue weighted by molar-refractivity contribution is 9.10. The predicted octanol–water partition coefficient (Wildman–Crippen LogP) is 5.46. The number of ether oxygens (including phenoxy) is 1. The molecule has 4 heteroatoms. The van der Waals surface area contributed by atoms with Crippen LogP contribution < -0.4 is 4.74 Å². The van der Waals surface area contributed by atoms with Crippen molar-refractivity contribution in [2.24, 2.45) is 0 Å². The average Bonchev–Trinajstić information content (AvgIpc) is 2.77. The largest absolute Gasteiger partial charge is 0.496 e. The highest BCUT2D eigenvalue weighted by Crippen LogP contribution is 2.40. The second-order valence-electron chi connectivity index (χ2n) is 4.22. The van der Waals surface area contributed by atoms with E-state index in [9.17, 15) is 0 Å². The molecule has 1 atom stereocenters. The summed E-state index contributed by atoms with van der Waals surface area (Å²) in [7, 11) is 1.68. The molecule has 0 spiro atoms. The van der Waals surface area contributed by atoms with Gasteiger partial charge >= 0.3 is 0 Å². The average molecular weight is 346 g/mol. The quantitative estimate of drug-likeness (QED) is 0.671. The molecule has 18 heavy (non-hydrogen) atoms. The fourth-order valence-corrected chi connectivity index (χ4v) is 3.56. The van der Waals surface area contributed by atoms with Crippen molar-refractivity contribution >= 4 is 38.9 Å². The lowest BCUT2D eigenvalue weighted by molar-refractivity contribution is 0.409. The molecule has 1 unspecified atom stereocenters. The van der Waals surface area contributed by atoms with Crippen LogP contribution in [0.2, 0.25) is 0 Å². The van der Waals surface area contributed by atoms with Crippen molar-refractivity contribution in [3.05, 3.63) is 49.6 Å². The molecule has 0 aliphatic carbocycles. The minimum absolute atomic E-state index is 0.178. The zero-order valence-corrected chi connectivity index (χ0v) is 13.6. The van der Waals surface area contributed by atoms with Crippen LogP contribution in [0.4, 0.5) is 0 Å². The van der Waals surface area contributed by atoms with Gasteiger partial charge in [-0.1, -0.05) is 15.9 Å². The summed E-state index contributed by atoms with van der Waals surface area (Å²) in [6.45, 7) is 4.12. The van der Waals surface area contributed by atoms with E-state index in [4.69, 9.17) is 16.3 Å². The maximum atomic E-state index is 6.59. The second kappa shape index (κ2) is 5.64. The molecule has 96 valence electrons. The van der Waals surface area contributed by atoms with Crippen molar-refractivity contribution in [2.75, 3.05) is 7.11 Å². The van der Waals surface area contributed by atoms with Crippen molar-refractivity contribution < 1.29 is 4.74 Å². The minimum atomic E-state index is -0.178. The summed E-state index contributed by atoms with van der Waals surface area (Å²) >= 11 is 11.8. The fourth-order valence-electron chi connectivity index (χ4n) is 1.84. The third-order valence-electron chi connectivity index (χ3n) is 2.95. The number of thiophene rings is 1. The number of benzene rings is 1. The first-order valence-electron chi connectivity index (χ1n) is 5.55. The topological polar surface area (TPSA) is 9.23 Å². The van der Waals surface area contributed by atoms with Crippen LogP contribution in [-0.2, 0) is 0 Å². The van der Waals surface area contributed by atoms with Gasteiger partial charge in [0, 0.05) is 10.0 Å². The van der Waals surface area contributed by atoms with E-state index in [2.05, 4.69) is 33.6 Å². The Kier molecular flexibility index (Phi) is 4.36.